The second-order valence-corrected chi connectivity index (χ2v) is 7.84. The van der Waals surface area contributed by atoms with Gasteiger partial charge in [0.05, 0.1) is 5.75 Å². The summed E-state index contributed by atoms with van der Waals surface area (Å²) < 4.78 is 22.2. The van der Waals surface area contributed by atoms with Crippen molar-refractivity contribution in [1.29, 1.82) is 0 Å². The molecule has 22 heavy (non-hydrogen) atoms. The van der Waals surface area contributed by atoms with Crippen molar-refractivity contribution < 1.29 is 13.2 Å². The molecule has 1 unspecified atom stereocenters. The van der Waals surface area contributed by atoms with Crippen molar-refractivity contribution in [3.8, 4) is 0 Å². The molecular weight excluding hydrogens is 419 g/mol. The van der Waals surface area contributed by atoms with E-state index in [1.165, 1.54) is 6.26 Å². The summed E-state index contributed by atoms with van der Waals surface area (Å²) in [5, 5.41) is 3.18. The van der Waals surface area contributed by atoms with E-state index in [2.05, 4.69) is 15.2 Å². The molecule has 0 spiro atoms. The summed E-state index contributed by atoms with van der Waals surface area (Å²) >= 11 is 0. The van der Waals surface area contributed by atoms with Crippen LogP contribution in [0.5, 0.6) is 0 Å². The van der Waals surface area contributed by atoms with E-state index in [9.17, 15) is 13.2 Å². The Kier molecular flexibility index (Phi) is 9.97. The van der Waals surface area contributed by atoms with Crippen LogP contribution in [0.3, 0.4) is 0 Å². The van der Waals surface area contributed by atoms with Gasteiger partial charge >= 0.3 is 0 Å². The van der Waals surface area contributed by atoms with E-state index in [-0.39, 0.29) is 41.6 Å². The molecule has 1 amide bonds. The van der Waals surface area contributed by atoms with E-state index in [0.29, 0.717) is 19.4 Å². The van der Waals surface area contributed by atoms with Crippen LogP contribution < -0.4 is 11.1 Å². The van der Waals surface area contributed by atoms with Crippen LogP contribution in [-0.2, 0) is 14.6 Å². The predicted molar refractivity (Wildman–Crippen MR) is 99.2 cm³/mol. The molecule has 1 fully saturated rings. The summed E-state index contributed by atoms with van der Waals surface area (Å²) in [5.74, 6) is 0.933. The Balaban J connectivity index is 0.00000441. The van der Waals surface area contributed by atoms with Gasteiger partial charge in [-0.15, -0.1) is 24.0 Å². The Morgan fingerprint density at radius 2 is 2.14 bits per heavy atom. The van der Waals surface area contributed by atoms with Crippen LogP contribution in [0, 0.1) is 5.92 Å². The SMILES string of the molecule is CN=C(NCCCS(C)(=O)=O)N1CCCC(CC(N)=O)C1.I. The van der Waals surface area contributed by atoms with Crippen molar-refractivity contribution in [2.24, 2.45) is 16.6 Å². The minimum Gasteiger partial charge on any atom is -0.370 e. The molecule has 1 aliphatic rings. The Hall–Kier alpha value is -0.580. The standard InChI is InChI=1S/C13H26N4O3S.HI/c1-15-13(16-6-4-8-21(2,19)20)17-7-3-5-11(10-17)9-12(14)18;/h11H,3-10H2,1-2H3,(H2,14,18)(H,15,16);1H. The van der Waals surface area contributed by atoms with Crippen LogP contribution in [0.15, 0.2) is 4.99 Å². The minimum absolute atomic E-state index is 0. The number of halogens is 1. The number of nitrogens with two attached hydrogens (primary N) is 1. The van der Waals surface area contributed by atoms with Crippen molar-refractivity contribution in [1.82, 2.24) is 10.2 Å². The highest BCUT2D eigenvalue weighted by molar-refractivity contribution is 14.0. The first kappa shape index (κ1) is 21.4. The number of likely N-dealkylation sites (tertiary alicyclic amines) is 1. The Morgan fingerprint density at radius 3 is 2.68 bits per heavy atom. The van der Waals surface area contributed by atoms with E-state index in [1.807, 2.05) is 0 Å². The molecule has 0 radical (unpaired) electrons. The van der Waals surface area contributed by atoms with Gasteiger partial charge in [-0.1, -0.05) is 0 Å². The third-order valence-electron chi connectivity index (χ3n) is 3.50. The lowest BCUT2D eigenvalue weighted by molar-refractivity contribution is -0.119. The molecule has 0 aromatic heterocycles. The Morgan fingerprint density at radius 1 is 1.45 bits per heavy atom. The summed E-state index contributed by atoms with van der Waals surface area (Å²) in [7, 11) is -1.22. The molecule has 0 aromatic carbocycles. The van der Waals surface area contributed by atoms with Crippen LogP contribution in [0.25, 0.3) is 0 Å². The van der Waals surface area contributed by atoms with Gasteiger partial charge in [0.15, 0.2) is 5.96 Å². The van der Waals surface area contributed by atoms with Gasteiger partial charge in [0.1, 0.15) is 9.84 Å². The van der Waals surface area contributed by atoms with Gasteiger partial charge in [-0.25, -0.2) is 8.42 Å². The molecular formula is C13H27IN4O3S. The molecule has 1 heterocycles. The summed E-state index contributed by atoms with van der Waals surface area (Å²) in [6.45, 7) is 2.21. The molecule has 1 rings (SSSR count). The van der Waals surface area contributed by atoms with Crippen molar-refractivity contribution in [3.05, 3.63) is 0 Å². The summed E-state index contributed by atoms with van der Waals surface area (Å²) in [4.78, 5) is 17.4. The maximum atomic E-state index is 11.1. The fourth-order valence-electron chi connectivity index (χ4n) is 2.58. The topological polar surface area (TPSA) is 105 Å². The number of guanidine groups is 1. The maximum Gasteiger partial charge on any atom is 0.217 e. The van der Waals surface area contributed by atoms with Crippen molar-refractivity contribution in [2.75, 3.05) is 38.7 Å². The maximum absolute atomic E-state index is 11.1. The van der Waals surface area contributed by atoms with Crippen LogP contribution in [-0.4, -0.2) is 63.9 Å². The van der Waals surface area contributed by atoms with Gasteiger partial charge in [0.2, 0.25) is 5.91 Å². The largest absolute Gasteiger partial charge is 0.370 e. The number of amides is 1. The molecule has 0 bridgehead atoms. The first-order valence-corrected chi connectivity index (χ1v) is 9.29. The Labute approximate surface area is 150 Å². The average molecular weight is 446 g/mol. The number of sulfone groups is 1. The fourth-order valence-corrected chi connectivity index (χ4v) is 3.24. The zero-order valence-electron chi connectivity index (χ0n) is 13.2. The molecule has 1 saturated heterocycles. The van der Waals surface area contributed by atoms with Gasteiger partial charge < -0.3 is 16.0 Å². The number of hydrogen-bond donors (Lipinski definition) is 2. The molecule has 130 valence electrons. The molecule has 1 atom stereocenters. The second kappa shape index (κ2) is 10.2. The first-order chi connectivity index (χ1) is 9.81. The van der Waals surface area contributed by atoms with Crippen molar-refractivity contribution >= 4 is 45.7 Å². The van der Waals surface area contributed by atoms with E-state index < -0.39 is 9.84 Å². The number of nitrogens with one attached hydrogen (secondary N) is 1. The van der Waals surface area contributed by atoms with Gasteiger partial charge in [0, 0.05) is 39.4 Å². The monoisotopic (exact) mass is 446 g/mol. The lowest BCUT2D eigenvalue weighted by Gasteiger charge is -2.34. The lowest BCUT2D eigenvalue weighted by atomic mass is 9.95. The number of carbonyl (C=O) groups excluding carboxylic acids is 1. The number of carbonyl (C=O) groups is 1. The van der Waals surface area contributed by atoms with Crippen molar-refractivity contribution in [2.45, 2.75) is 25.7 Å². The second-order valence-electron chi connectivity index (χ2n) is 5.58. The number of nitrogens with zero attached hydrogens (tertiary/aromatic N) is 2. The van der Waals surface area contributed by atoms with Gasteiger partial charge in [-0.3, -0.25) is 9.79 Å². The van der Waals surface area contributed by atoms with E-state index in [1.54, 1.807) is 7.05 Å². The van der Waals surface area contributed by atoms with E-state index >= 15 is 0 Å². The summed E-state index contributed by atoms with van der Waals surface area (Å²) in [6.07, 6.45) is 4.20. The number of hydrogen-bond acceptors (Lipinski definition) is 4. The summed E-state index contributed by atoms with van der Waals surface area (Å²) in [5.41, 5.74) is 5.26. The van der Waals surface area contributed by atoms with E-state index in [4.69, 9.17) is 5.73 Å². The van der Waals surface area contributed by atoms with Crippen LogP contribution in [0.1, 0.15) is 25.7 Å². The Bertz CT molecular complexity index is 482. The zero-order valence-corrected chi connectivity index (χ0v) is 16.4. The highest BCUT2D eigenvalue weighted by Gasteiger charge is 2.23. The number of primary amides is 1. The van der Waals surface area contributed by atoms with Crippen LogP contribution in [0.2, 0.25) is 0 Å². The molecule has 0 saturated carbocycles. The molecule has 0 aromatic rings. The molecule has 1 aliphatic heterocycles. The number of aliphatic imine (C=N–C) groups is 1. The predicted octanol–water partition coefficient (Wildman–Crippen LogP) is 0.202. The first-order valence-electron chi connectivity index (χ1n) is 7.23. The highest BCUT2D eigenvalue weighted by Crippen LogP contribution is 2.19. The van der Waals surface area contributed by atoms with E-state index in [0.717, 1.165) is 31.9 Å². The zero-order chi connectivity index (χ0) is 15.9. The third-order valence-corrected chi connectivity index (χ3v) is 4.53. The highest BCUT2D eigenvalue weighted by atomic mass is 127. The third kappa shape index (κ3) is 8.76. The molecule has 9 heteroatoms. The number of piperidine rings is 1. The normalized spacial score (nSPS) is 19.5. The quantitative estimate of drug-likeness (QED) is 0.263. The fraction of sp³-hybridized carbons (Fsp3) is 0.846. The molecule has 7 nitrogen and oxygen atoms in total. The van der Waals surface area contributed by atoms with Crippen molar-refractivity contribution in [3.63, 3.8) is 0 Å². The van der Waals surface area contributed by atoms with Crippen LogP contribution in [0.4, 0.5) is 0 Å². The summed E-state index contributed by atoms with van der Waals surface area (Å²) in [6, 6.07) is 0. The average Bonchev–Trinajstić information content (AvgIpc) is 2.37. The smallest absolute Gasteiger partial charge is 0.217 e. The van der Waals surface area contributed by atoms with Gasteiger partial charge in [0.25, 0.3) is 0 Å². The van der Waals surface area contributed by atoms with Gasteiger partial charge in [-0.05, 0) is 25.2 Å². The molecule has 3 N–H and O–H groups in total. The number of rotatable bonds is 6. The van der Waals surface area contributed by atoms with Gasteiger partial charge in [-0.2, -0.15) is 0 Å². The lowest BCUT2D eigenvalue weighted by Crippen LogP contribution is -2.47. The molecule has 0 aliphatic carbocycles. The van der Waals surface area contributed by atoms with Crippen LogP contribution >= 0.6 is 24.0 Å². The minimum atomic E-state index is -2.92.